The van der Waals surface area contributed by atoms with Crippen LogP contribution in [0.5, 0.6) is 0 Å². The zero-order valence-corrected chi connectivity index (χ0v) is 13.6. The number of hydrogen-bond acceptors (Lipinski definition) is 5. The molecule has 116 valence electrons. The van der Waals surface area contributed by atoms with Crippen LogP contribution in [0.4, 0.5) is 0 Å². The lowest BCUT2D eigenvalue weighted by atomic mass is 10.2. The molecule has 2 rings (SSSR count). The third-order valence-electron chi connectivity index (χ3n) is 3.29. The molecule has 2 N–H and O–H groups in total. The summed E-state index contributed by atoms with van der Waals surface area (Å²) in [5.41, 5.74) is 1.67. The predicted molar refractivity (Wildman–Crippen MR) is 78.4 cm³/mol. The van der Waals surface area contributed by atoms with Gasteiger partial charge in [0.05, 0.1) is 5.56 Å². The number of hydrogen-bond donors (Lipinski definition) is 2. The van der Waals surface area contributed by atoms with Gasteiger partial charge in [-0.3, -0.25) is 0 Å². The van der Waals surface area contributed by atoms with Crippen LogP contribution in [0.15, 0.2) is 9.31 Å². The van der Waals surface area contributed by atoms with Gasteiger partial charge in [-0.15, -0.1) is 10.2 Å². The van der Waals surface area contributed by atoms with Gasteiger partial charge in [0.25, 0.3) is 5.89 Å². The van der Waals surface area contributed by atoms with E-state index in [0.717, 1.165) is 0 Å². The van der Waals surface area contributed by atoms with Crippen molar-refractivity contribution in [3.8, 4) is 11.5 Å². The molecule has 0 aliphatic carbocycles. The first-order valence-electron chi connectivity index (χ1n) is 6.78. The Hall–Kier alpha value is -1.67. The normalized spacial score (nSPS) is 13.6. The maximum Gasteiger partial charge on any atom is 0.250 e. The van der Waals surface area contributed by atoms with Crippen LogP contribution in [0, 0.1) is 20.8 Å². The van der Waals surface area contributed by atoms with Crippen molar-refractivity contribution < 1.29 is 12.8 Å². The lowest BCUT2D eigenvalue weighted by molar-refractivity contribution is 0.529. The van der Waals surface area contributed by atoms with Crippen molar-refractivity contribution >= 4 is 10.0 Å². The Morgan fingerprint density at radius 1 is 1.24 bits per heavy atom. The third-order valence-corrected chi connectivity index (χ3v) is 5.06. The minimum Gasteiger partial charge on any atom is -0.421 e. The second-order valence-corrected chi connectivity index (χ2v) is 6.79. The number of aryl methyl sites for hydroxylation is 3. The van der Waals surface area contributed by atoms with Gasteiger partial charge >= 0.3 is 0 Å². The van der Waals surface area contributed by atoms with Gasteiger partial charge in [-0.1, -0.05) is 6.92 Å². The summed E-state index contributed by atoms with van der Waals surface area (Å²) >= 11 is 0. The van der Waals surface area contributed by atoms with Crippen molar-refractivity contribution in [1.82, 2.24) is 19.9 Å². The van der Waals surface area contributed by atoms with Crippen molar-refractivity contribution in [2.24, 2.45) is 0 Å². The molecule has 8 heteroatoms. The maximum absolute atomic E-state index is 12.6. The Bertz CT molecular complexity index is 746. The standard InChI is InChI=1S/C13H20N4O3S/c1-6-7(2)17-21(18,19)12-9(4)14-8(3)11(12)13-16-15-10(5)20-13/h7,14,17H,6H2,1-5H3/t7-/m0/s1. The summed E-state index contributed by atoms with van der Waals surface area (Å²) in [6.45, 7) is 8.90. The van der Waals surface area contributed by atoms with Gasteiger partial charge in [-0.25, -0.2) is 13.1 Å². The van der Waals surface area contributed by atoms with E-state index < -0.39 is 10.0 Å². The van der Waals surface area contributed by atoms with Crippen LogP contribution in [0.3, 0.4) is 0 Å². The average molecular weight is 312 g/mol. The number of sulfonamides is 1. The molecule has 1 atom stereocenters. The molecule has 2 heterocycles. The number of aromatic nitrogens is 3. The van der Waals surface area contributed by atoms with Crippen LogP contribution >= 0.6 is 0 Å². The Labute approximate surface area is 124 Å². The summed E-state index contributed by atoms with van der Waals surface area (Å²) < 4.78 is 33.3. The van der Waals surface area contributed by atoms with Gasteiger partial charge in [0, 0.05) is 24.4 Å². The molecule has 2 aromatic rings. The smallest absolute Gasteiger partial charge is 0.250 e. The summed E-state index contributed by atoms with van der Waals surface area (Å²) in [5.74, 6) is 0.598. The Morgan fingerprint density at radius 2 is 1.90 bits per heavy atom. The summed E-state index contributed by atoms with van der Waals surface area (Å²) in [7, 11) is -3.66. The van der Waals surface area contributed by atoms with E-state index in [4.69, 9.17) is 4.42 Å². The van der Waals surface area contributed by atoms with E-state index in [-0.39, 0.29) is 16.8 Å². The number of H-pyrrole nitrogens is 1. The van der Waals surface area contributed by atoms with Gasteiger partial charge in [0.1, 0.15) is 4.90 Å². The van der Waals surface area contributed by atoms with E-state index in [1.54, 1.807) is 20.8 Å². The summed E-state index contributed by atoms with van der Waals surface area (Å²) in [6, 6.07) is -0.151. The van der Waals surface area contributed by atoms with Gasteiger partial charge in [-0.05, 0) is 27.2 Å². The molecule has 0 unspecified atom stereocenters. The molecule has 0 saturated carbocycles. The summed E-state index contributed by atoms with van der Waals surface area (Å²) in [5, 5.41) is 7.70. The van der Waals surface area contributed by atoms with Crippen LogP contribution in [0.1, 0.15) is 37.5 Å². The number of nitrogens with one attached hydrogen (secondary N) is 2. The summed E-state index contributed by atoms with van der Waals surface area (Å²) in [4.78, 5) is 3.20. The molecule has 0 aliphatic rings. The van der Waals surface area contributed by atoms with Crippen LogP contribution in [0.25, 0.3) is 11.5 Å². The minimum absolute atomic E-state index is 0.151. The van der Waals surface area contributed by atoms with Crippen LogP contribution in [0.2, 0.25) is 0 Å². The average Bonchev–Trinajstić information content (AvgIpc) is 2.92. The fourth-order valence-corrected chi connectivity index (χ4v) is 3.93. The second kappa shape index (κ2) is 5.61. The Morgan fingerprint density at radius 3 is 2.43 bits per heavy atom. The fraction of sp³-hybridized carbons (Fsp3) is 0.538. The van der Waals surface area contributed by atoms with Crippen LogP contribution < -0.4 is 4.72 Å². The molecule has 0 fully saturated rings. The highest BCUT2D eigenvalue weighted by atomic mass is 32.2. The molecule has 21 heavy (non-hydrogen) atoms. The quantitative estimate of drug-likeness (QED) is 0.880. The van der Waals surface area contributed by atoms with Gasteiger partial charge in [0.15, 0.2) is 0 Å². The Balaban J connectivity index is 2.59. The predicted octanol–water partition coefficient (Wildman–Crippen LogP) is 2.07. The highest BCUT2D eigenvalue weighted by Gasteiger charge is 2.29. The number of nitrogens with zero attached hydrogens (tertiary/aromatic N) is 2. The third kappa shape index (κ3) is 3.01. The monoisotopic (exact) mass is 312 g/mol. The van der Waals surface area contributed by atoms with Crippen molar-refractivity contribution in [1.29, 1.82) is 0 Å². The van der Waals surface area contributed by atoms with Crippen LogP contribution in [-0.4, -0.2) is 29.6 Å². The number of rotatable bonds is 5. The largest absolute Gasteiger partial charge is 0.421 e. The van der Waals surface area contributed by atoms with E-state index >= 15 is 0 Å². The van der Waals surface area contributed by atoms with Gasteiger partial charge < -0.3 is 9.40 Å². The fourth-order valence-electron chi connectivity index (χ4n) is 2.16. The molecule has 0 saturated heterocycles. The molecular formula is C13H20N4O3S. The van der Waals surface area contributed by atoms with Crippen molar-refractivity contribution in [2.45, 2.75) is 52.0 Å². The zero-order valence-electron chi connectivity index (χ0n) is 12.8. The van der Waals surface area contributed by atoms with E-state index in [2.05, 4.69) is 19.9 Å². The van der Waals surface area contributed by atoms with E-state index in [1.165, 1.54) is 0 Å². The molecule has 0 aliphatic heterocycles. The molecule has 7 nitrogen and oxygen atoms in total. The van der Waals surface area contributed by atoms with Crippen molar-refractivity contribution in [3.63, 3.8) is 0 Å². The van der Waals surface area contributed by atoms with E-state index in [1.807, 2.05) is 13.8 Å². The highest BCUT2D eigenvalue weighted by molar-refractivity contribution is 7.89. The molecule has 0 spiro atoms. The summed E-state index contributed by atoms with van der Waals surface area (Å²) in [6.07, 6.45) is 0.705. The van der Waals surface area contributed by atoms with E-state index in [0.29, 0.717) is 29.3 Å². The van der Waals surface area contributed by atoms with Gasteiger partial charge in [0.2, 0.25) is 15.9 Å². The highest BCUT2D eigenvalue weighted by Crippen LogP contribution is 2.32. The first kappa shape index (κ1) is 15.7. The molecule has 0 bridgehead atoms. The lowest BCUT2D eigenvalue weighted by Crippen LogP contribution is -2.32. The minimum atomic E-state index is -3.66. The van der Waals surface area contributed by atoms with Gasteiger partial charge in [-0.2, -0.15) is 0 Å². The topological polar surface area (TPSA) is 101 Å². The Kier molecular flexibility index (Phi) is 4.20. The van der Waals surface area contributed by atoms with Crippen LogP contribution in [-0.2, 0) is 10.0 Å². The lowest BCUT2D eigenvalue weighted by Gasteiger charge is -2.12. The molecule has 2 aromatic heterocycles. The molecule has 0 radical (unpaired) electrons. The molecule has 0 amide bonds. The second-order valence-electron chi connectivity index (χ2n) is 5.14. The van der Waals surface area contributed by atoms with Crippen molar-refractivity contribution in [3.05, 3.63) is 17.3 Å². The number of aromatic amines is 1. The first-order chi connectivity index (χ1) is 9.76. The molecule has 0 aromatic carbocycles. The maximum atomic E-state index is 12.6. The van der Waals surface area contributed by atoms with Crippen molar-refractivity contribution in [2.75, 3.05) is 0 Å². The molecular weight excluding hydrogens is 292 g/mol. The SMILES string of the molecule is CC[C@H](C)NS(=O)(=O)c1c(C)[nH]c(C)c1-c1nnc(C)o1. The first-order valence-corrected chi connectivity index (χ1v) is 8.26. The zero-order chi connectivity index (χ0) is 15.8. The van der Waals surface area contributed by atoms with E-state index in [9.17, 15) is 8.42 Å².